The lowest BCUT2D eigenvalue weighted by Crippen LogP contribution is -2.12. The Bertz CT molecular complexity index is 473. The predicted molar refractivity (Wildman–Crippen MR) is 71.6 cm³/mol. The van der Waals surface area contributed by atoms with Crippen LogP contribution in [0.5, 0.6) is 5.75 Å². The van der Waals surface area contributed by atoms with Crippen LogP contribution >= 0.6 is 0 Å². The maximum Gasteiger partial charge on any atom is 0.119 e. The Hall–Kier alpha value is -1.74. The molecule has 0 saturated carbocycles. The molecule has 0 radical (unpaired) electrons. The molecule has 0 aliphatic heterocycles. The van der Waals surface area contributed by atoms with E-state index in [1.54, 1.807) is 0 Å². The van der Waals surface area contributed by atoms with Crippen molar-refractivity contribution in [3.8, 4) is 5.75 Å². The number of ether oxygens (including phenoxy) is 1. The average molecular weight is 245 g/mol. The van der Waals surface area contributed by atoms with Gasteiger partial charge in [0.15, 0.2) is 0 Å². The number of nitrogens with one attached hydrogen (secondary N) is 1. The lowest BCUT2D eigenvalue weighted by atomic mass is 10.2. The first kappa shape index (κ1) is 12.7. The summed E-state index contributed by atoms with van der Waals surface area (Å²) in [7, 11) is 0. The zero-order valence-electron chi connectivity index (χ0n) is 10.9. The van der Waals surface area contributed by atoms with Gasteiger partial charge in [-0.05, 0) is 43.7 Å². The van der Waals surface area contributed by atoms with E-state index in [4.69, 9.17) is 9.15 Å². The van der Waals surface area contributed by atoms with E-state index in [9.17, 15) is 0 Å². The maximum atomic E-state index is 5.49. The Morgan fingerprint density at radius 1 is 1.06 bits per heavy atom. The van der Waals surface area contributed by atoms with Crippen molar-refractivity contribution in [2.45, 2.75) is 26.9 Å². The summed E-state index contributed by atoms with van der Waals surface area (Å²) in [4.78, 5) is 0. The van der Waals surface area contributed by atoms with Crippen LogP contribution in [0.1, 0.15) is 24.0 Å². The van der Waals surface area contributed by atoms with Gasteiger partial charge in [0.05, 0.1) is 13.2 Å². The van der Waals surface area contributed by atoms with E-state index in [0.717, 1.165) is 30.4 Å². The van der Waals surface area contributed by atoms with Crippen LogP contribution in [-0.2, 0) is 13.1 Å². The number of aryl methyl sites for hydroxylation is 1. The van der Waals surface area contributed by atoms with Crippen LogP contribution in [0.4, 0.5) is 0 Å². The molecule has 2 rings (SSSR count). The van der Waals surface area contributed by atoms with Crippen LogP contribution in [-0.4, -0.2) is 6.61 Å². The molecular weight excluding hydrogens is 226 g/mol. The summed E-state index contributed by atoms with van der Waals surface area (Å²) in [5, 5.41) is 3.35. The van der Waals surface area contributed by atoms with Gasteiger partial charge in [-0.25, -0.2) is 0 Å². The van der Waals surface area contributed by atoms with E-state index < -0.39 is 0 Å². The van der Waals surface area contributed by atoms with E-state index >= 15 is 0 Å². The van der Waals surface area contributed by atoms with Crippen LogP contribution in [0, 0.1) is 6.92 Å². The monoisotopic (exact) mass is 245 g/mol. The van der Waals surface area contributed by atoms with Crippen LogP contribution in [0.25, 0.3) is 0 Å². The second kappa shape index (κ2) is 6.26. The summed E-state index contributed by atoms with van der Waals surface area (Å²) in [6, 6.07) is 12.1. The third-order valence-electron chi connectivity index (χ3n) is 2.66. The zero-order valence-corrected chi connectivity index (χ0v) is 10.9. The molecule has 3 nitrogen and oxygen atoms in total. The summed E-state index contributed by atoms with van der Waals surface area (Å²) in [5.41, 5.74) is 1.24. The highest BCUT2D eigenvalue weighted by atomic mass is 16.5. The normalized spacial score (nSPS) is 10.6. The quantitative estimate of drug-likeness (QED) is 0.848. The Balaban J connectivity index is 1.79. The topological polar surface area (TPSA) is 34.4 Å². The number of hydrogen-bond acceptors (Lipinski definition) is 3. The largest absolute Gasteiger partial charge is 0.494 e. The lowest BCUT2D eigenvalue weighted by Gasteiger charge is -2.05. The summed E-state index contributed by atoms with van der Waals surface area (Å²) >= 11 is 0. The van der Waals surface area contributed by atoms with Crippen LogP contribution < -0.4 is 10.1 Å². The third-order valence-corrected chi connectivity index (χ3v) is 2.66. The zero-order chi connectivity index (χ0) is 12.8. The van der Waals surface area contributed by atoms with Crippen LogP contribution in [0.15, 0.2) is 40.8 Å². The Labute approximate surface area is 108 Å². The van der Waals surface area contributed by atoms with Crippen molar-refractivity contribution < 1.29 is 9.15 Å². The summed E-state index contributed by atoms with van der Waals surface area (Å²) in [6.45, 7) is 6.22. The molecule has 0 unspecified atom stereocenters. The number of benzene rings is 1. The van der Waals surface area contributed by atoms with Crippen molar-refractivity contribution in [1.82, 2.24) is 5.32 Å². The molecule has 0 amide bonds. The molecule has 0 saturated heterocycles. The van der Waals surface area contributed by atoms with E-state index in [1.165, 1.54) is 5.56 Å². The fourth-order valence-electron chi connectivity index (χ4n) is 1.78. The predicted octanol–water partition coefficient (Wildman–Crippen LogP) is 3.28. The van der Waals surface area contributed by atoms with Gasteiger partial charge < -0.3 is 14.5 Å². The van der Waals surface area contributed by atoms with E-state index in [0.29, 0.717) is 6.61 Å². The molecule has 0 spiro atoms. The van der Waals surface area contributed by atoms with Crippen molar-refractivity contribution in [1.29, 1.82) is 0 Å². The molecule has 1 heterocycles. The molecule has 0 aliphatic carbocycles. The minimum absolute atomic E-state index is 0.704. The minimum atomic E-state index is 0.704. The molecule has 2 aromatic rings. The molecule has 1 aromatic carbocycles. The minimum Gasteiger partial charge on any atom is -0.494 e. The fraction of sp³-hybridized carbons (Fsp3) is 0.333. The van der Waals surface area contributed by atoms with Gasteiger partial charge in [-0.3, -0.25) is 0 Å². The lowest BCUT2D eigenvalue weighted by molar-refractivity contribution is 0.340. The molecular formula is C15H19NO2. The third kappa shape index (κ3) is 3.64. The molecule has 3 heteroatoms. The van der Waals surface area contributed by atoms with Gasteiger partial charge >= 0.3 is 0 Å². The number of furan rings is 1. The van der Waals surface area contributed by atoms with Gasteiger partial charge in [-0.1, -0.05) is 12.1 Å². The van der Waals surface area contributed by atoms with Crippen LogP contribution in [0.2, 0.25) is 0 Å². The first-order valence-corrected chi connectivity index (χ1v) is 6.25. The highest BCUT2D eigenvalue weighted by Gasteiger charge is 1.99. The molecule has 0 fully saturated rings. The highest BCUT2D eigenvalue weighted by Crippen LogP contribution is 2.12. The van der Waals surface area contributed by atoms with Gasteiger partial charge in [0.1, 0.15) is 17.3 Å². The fourth-order valence-corrected chi connectivity index (χ4v) is 1.78. The smallest absolute Gasteiger partial charge is 0.119 e. The van der Waals surface area contributed by atoms with Crippen molar-refractivity contribution in [2.75, 3.05) is 6.61 Å². The summed E-state index contributed by atoms with van der Waals surface area (Å²) < 4.78 is 10.9. The van der Waals surface area contributed by atoms with Crippen molar-refractivity contribution in [2.24, 2.45) is 0 Å². The molecule has 0 aliphatic rings. The van der Waals surface area contributed by atoms with Gasteiger partial charge in [0.25, 0.3) is 0 Å². The Kier molecular flexibility index (Phi) is 4.42. The Morgan fingerprint density at radius 2 is 1.83 bits per heavy atom. The molecule has 1 N–H and O–H groups in total. The molecule has 0 bridgehead atoms. The molecule has 1 aromatic heterocycles. The first-order valence-electron chi connectivity index (χ1n) is 6.25. The van der Waals surface area contributed by atoms with Gasteiger partial charge in [0.2, 0.25) is 0 Å². The highest BCUT2D eigenvalue weighted by molar-refractivity contribution is 5.27. The SMILES string of the molecule is CCOc1ccc(CNCc2ccc(C)o2)cc1. The van der Waals surface area contributed by atoms with Crippen molar-refractivity contribution in [3.05, 3.63) is 53.5 Å². The number of hydrogen-bond donors (Lipinski definition) is 1. The van der Waals surface area contributed by atoms with Gasteiger partial charge in [0, 0.05) is 6.54 Å². The standard InChI is InChI=1S/C15H19NO2/c1-3-17-14-8-5-13(6-9-14)10-16-11-15-7-4-12(2)18-15/h4-9,16H,3,10-11H2,1-2H3. The Morgan fingerprint density at radius 3 is 2.44 bits per heavy atom. The van der Waals surface area contributed by atoms with Crippen LogP contribution in [0.3, 0.4) is 0 Å². The maximum absolute atomic E-state index is 5.49. The summed E-state index contributed by atoms with van der Waals surface area (Å²) in [5.74, 6) is 2.84. The van der Waals surface area contributed by atoms with Crippen molar-refractivity contribution >= 4 is 0 Å². The van der Waals surface area contributed by atoms with E-state index in [-0.39, 0.29) is 0 Å². The van der Waals surface area contributed by atoms with Crippen molar-refractivity contribution in [3.63, 3.8) is 0 Å². The van der Waals surface area contributed by atoms with Gasteiger partial charge in [-0.2, -0.15) is 0 Å². The second-order valence-electron chi connectivity index (χ2n) is 4.19. The molecule has 0 atom stereocenters. The number of rotatable bonds is 6. The van der Waals surface area contributed by atoms with E-state index in [1.807, 2.05) is 38.1 Å². The molecule has 18 heavy (non-hydrogen) atoms. The van der Waals surface area contributed by atoms with Gasteiger partial charge in [-0.15, -0.1) is 0 Å². The molecule has 96 valence electrons. The second-order valence-corrected chi connectivity index (χ2v) is 4.19. The first-order chi connectivity index (χ1) is 8.78. The summed E-state index contributed by atoms with van der Waals surface area (Å²) in [6.07, 6.45) is 0. The average Bonchev–Trinajstić information content (AvgIpc) is 2.78. The van der Waals surface area contributed by atoms with E-state index in [2.05, 4.69) is 17.4 Å².